The molecule has 3 rings (SSSR count). The van der Waals surface area contributed by atoms with Crippen LogP contribution >= 0.6 is 11.3 Å². The Labute approximate surface area is 115 Å². The number of anilines is 1. The van der Waals surface area contributed by atoms with Gasteiger partial charge in [0, 0.05) is 6.42 Å². The number of benzene rings is 1. The molecule has 1 fully saturated rings. The lowest BCUT2D eigenvalue weighted by Crippen LogP contribution is -2.26. The van der Waals surface area contributed by atoms with Gasteiger partial charge in [0.05, 0.1) is 11.0 Å². The van der Waals surface area contributed by atoms with Gasteiger partial charge in [0.1, 0.15) is 10.9 Å². The molecule has 0 aliphatic carbocycles. The van der Waals surface area contributed by atoms with Crippen LogP contribution in [0.1, 0.15) is 29.3 Å². The molecule has 1 saturated heterocycles. The average molecular weight is 268 g/mol. The molecule has 19 heavy (non-hydrogen) atoms. The molecule has 1 aromatic carbocycles. The van der Waals surface area contributed by atoms with Crippen LogP contribution in [0.5, 0.6) is 0 Å². The van der Waals surface area contributed by atoms with Gasteiger partial charge in [-0.3, -0.25) is 9.69 Å². The van der Waals surface area contributed by atoms with Gasteiger partial charge in [-0.25, -0.2) is 0 Å². The molecule has 94 valence electrons. The standard InChI is InChI=1S/C15H12N2OS/c16-10-12-6-9-15(19-12)17-13(7-8-14(17)18)11-4-2-1-3-5-11/h1-6,9,13H,7-8H2/t13-/m0/s1. The van der Waals surface area contributed by atoms with Gasteiger partial charge in [-0.2, -0.15) is 5.26 Å². The van der Waals surface area contributed by atoms with Crippen molar-refractivity contribution in [3.63, 3.8) is 0 Å². The van der Waals surface area contributed by atoms with E-state index in [1.807, 2.05) is 29.2 Å². The lowest BCUT2D eigenvalue weighted by molar-refractivity contribution is -0.117. The van der Waals surface area contributed by atoms with Crippen molar-refractivity contribution in [2.75, 3.05) is 4.90 Å². The summed E-state index contributed by atoms with van der Waals surface area (Å²) in [5.41, 5.74) is 1.15. The average Bonchev–Trinajstić information content (AvgIpc) is 3.05. The molecule has 2 aromatic rings. The van der Waals surface area contributed by atoms with Gasteiger partial charge in [-0.15, -0.1) is 11.3 Å². The SMILES string of the molecule is N#Cc1ccc(N2C(=O)CC[C@H]2c2ccccc2)s1. The van der Waals surface area contributed by atoms with Gasteiger partial charge in [0.15, 0.2) is 0 Å². The van der Waals surface area contributed by atoms with E-state index in [4.69, 9.17) is 5.26 Å². The number of hydrogen-bond acceptors (Lipinski definition) is 3. The van der Waals surface area contributed by atoms with E-state index in [9.17, 15) is 4.79 Å². The molecular weight excluding hydrogens is 256 g/mol. The second kappa shape index (κ2) is 4.87. The summed E-state index contributed by atoms with van der Waals surface area (Å²) >= 11 is 1.38. The van der Waals surface area contributed by atoms with E-state index in [-0.39, 0.29) is 11.9 Å². The maximum atomic E-state index is 12.1. The summed E-state index contributed by atoms with van der Waals surface area (Å²) in [4.78, 5) is 14.6. The summed E-state index contributed by atoms with van der Waals surface area (Å²) in [6, 6.07) is 15.9. The lowest BCUT2D eigenvalue weighted by atomic mass is 10.1. The predicted octanol–water partition coefficient (Wildman–Crippen LogP) is 3.49. The third-order valence-electron chi connectivity index (χ3n) is 3.34. The molecule has 1 aliphatic heterocycles. The second-order valence-corrected chi connectivity index (χ2v) is 5.54. The van der Waals surface area contributed by atoms with Crippen LogP contribution in [0.25, 0.3) is 0 Å². The maximum Gasteiger partial charge on any atom is 0.228 e. The highest BCUT2D eigenvalue weighted by molar-refractivity contribution is 7.16. The highest BCUT2D eigenvalue weighted by atomic mass is 32.1. The van der Waals surface area contributed by atoms with Gasteiger partial charge in [-0.05, 0) is 24.1 Å². The molecule has 4 heteroatoms. The molecule has 1 atom stereocenters. The lowest BCUT2D eigenvalue weighted by Gasteiger charge is -2.23. The van der Waals surface area contributed by atoms with Crippen molar-refractivity contribution in [3.8, 4) is 6.07 Å². The molecular formula is C15H12N2OS. The zero-order chi connectivity index (χ0) is 13.2. The predicted molar refractivity (Wildman–Crippen MR) is 74.9 cm³/mol. The quantitative estimate of drug-likeness (QED) is 0.836. The van der Waals surface area contributed by atoms with Crippen molar-refractivity contribution in [1.29, 1.82) is 5.26 Å². The van der Waals surface area contributed by atoms with Crippen LogP contribution in [0.4, 0.5) is 5.00 Å². The van der Waals surface area contributed by atoms with E-state index in [0.717, 1.165) is 17.0 Å². The third kappa shape index (κ3) is 2.13. The van der Waals surface area contributed by atoms with Crippen LogP contribution in [0.15, 0.2) is 42.5 Å². The van der Waals surface area contributed by atoms with Crippen LogP contribution in [-0.4, -0.2) is 5.91 Å². The number of amides is 1. The van der Waals surface area contributed by atoms with Crippen molar-refractivity contribution in [1.82, 2.24) is 0 Å². The number of thiophene rings is 1. The van der Waals surface area contributed by atoms with E-state index in [0.29, 0.717) is 11.3 Å². The van der Waals surface area contributed by atoms with Gasteiger partial charge in [0.2, 0.25) is 5.91 Å². The fourth-order valence-corrected chi connectivity index (χ4v) is 3.34. The Kier molecular flexibility index (Phi) is 3.06. The highest BCUT2D eigenvalue weighted by Gasteiger charge is 2.33. The number of nitrogens with zero attached hydrogens (tertiary/aromatic N) is 2. The minimum absolute atomic E-state index is 0.0962. The Hall–Kier alpha value is -2.12. The topological polar surface area (TPSA) is 44.1 Å². The number of nitriles is 1. The van der Waals surface area contributed by atoms with Gasteiger partial charge >= 0.3 is 0 Å². The van der Waals surface area contributed by atoms with Crippen LogP contribution < -0.4 is 4.90 Å². The van der Waals surface area contributed by atoms with E-state index >= 15 is 0 Å². The van der Waals surface area contributed by atoms with Crippen molar-refractivity contribution < 1.29 is 4.79 Å². The van der Waals surface area contributed by atoms with Crippen molar-refractivity contribution in [3.05, 3.63) is 52.9 Å². The molecule has 0 N–H and O–H groups in total. The molecule has 0 bridgehead atoms. The van der Waals surface area contributed by atoms with E-state index in [1.165, 1.54) is 11.3 Å². The summed E-state index contributed by atoms with van der Waals surface area (Å²) in [6.45, 7) is 0. The smallest absolute Gasteiger partial charge is 0.228 e. The molecule has 1 amide bonds. The first-order valence-corrected chi connectivity index (χ1v) is 6.98. The first-order chi connectivity index (χ1) is 9.29. The molecule has 0 unspecified atom stereocenters. The third-order valence-corrected chi connectivity index (χ3v) is 4.32. The second-order valence-electron chi connectivity index (χ2n) is 4.48. The summed E-state index contributed by atoms with van der Waals surface area (Å²) in [7, 11) is 0. The Morgan fingerprint density at radius 3 is 2.68 bits per heavy atom. The first kappa shape index (κ1) is 11.9. The van der Waals surface area contributed by atoms with Crippen LogP contribution in [0.3, 0.4) is 0 Å². The van der Waals surface area contributed by atoms with Crippen LogP contribution in [0, 0.1) is 11.3 Å². The van der Waals surface area contributed by atoms with Gasteiger partial charge < -0.3 is 0 Å². The highest BCUT2D eigenvalue weighted by Crippen LogP contribution is 2.39. The monoisotopic (exact) mass is 268 g/mol. The van der Waals surface area contributed by atoms with E-state index in [2.05, 4.69) is 18.2 Å². The Bertz CT molecular complexity index is 642. The van der Waals surface area contributed by atoms with E-state index in [1.54, 1.807) is 6.07 Å². The fourth-order valence-electron chi connectivity index (χ4n) is 2.47. The molecule has 1 aliphatic rings. The Balaban J connectivity index is 1.97. The Morgan fingerprint density at radius 1 is 1.21 bits per heavy atom. The zero-order valence-electron chi connectivity index (χ0n) is 10.2. The molecule has 0 radical (unpaired) electrons. The molecule has 1 aromatic heterocycles. The first-order valence-electron chi connectivity index (χ1n) is 6.16. The minimum atomic E-state index is 0.0962. The van der Waals surface area contributed by atoms with Crippen molar-refractivity contribution >= 4 is 22.2 Å². The summed E-state index contributed by atoms with van der Waals surface area (Å²) < 4.78 is 0. The molecule has 3 nitrogen and oxygen atoms in total. The fraction of sp³-hybridized carbons (Fsp3) is 0.200. The molecule has 0 spiro atoms. The van der Waals surface area contributed by atoms with E-state index < -0.39 is 0 Å². The van der Waals surface area contributed by atoms with Crippen LogP contribution in [-0.2, 0) is 4.79 Å². The number of carbonyl (C=O) groups excluding carboxylic acids is 1. The number of rotatable bonds is 2. The Morgan fingerprint density at radius 2 is 2.00 bits per heavy atom. The van der Waals surface area contributed by atoms with Crippen molar-refractivity contribution in [2.45, 2.75) is 18.9 Å². The minimum Gasteiger partial charge on any atom is -0.296 e. The number of hydrogen-bond donors (Lipinski definition) is 0. The summed E-state index contributed by atoms with van der Waals surface area (Å²) in [6.07, 6.45) is 1.40. The summed E-state index contributed by atoms with van der Waals surface area (Å²) in [5.74, 6) is 0.139. The van der Waals surface area contributed by atoms with Crippen LogP contribution in [0.2, 0.25) is 0 Å². The normalized spacial score (nSPS) is 18.6. The van der Waals surface area contributed by atoms with Gasteiger partial charge in [-0.1, -0.05) is 30.3 Å². The van der Waals surface area contributed by atoms with Gasteiger partial charge in [0.25, 0.3) is 0 Å². The van der Waals surface area contributed by atoms with Crippen molar-refractivity contribution in [2.24, 2.45) is 0 Å². The summed E-state index contributed by atoms with van der Waals surface area (Å²) in [5, 5.41) is 9.77. The largest absolute Gasteiger partial charge is 0.296 e. The molecule has 0 saturated carbocycles. The molecule has 2 heterocycles. The maximum absolute atomic E-state index is 12.1. The zero-order valence-corrected chi connectivity index (χ0v) is 11.1. The number of carbonyl (C=O) groups is 1.